The molecule has 0 spiro atoms. The first kappa shape index (κ1) is 15.7. The normalized spacial score (nSPS) is 16.4. The molecule has 0 heterocycles. The predicted octanol–water partition coefficient (Wildman–Crippen LogP) is 3.64. The van der Waals surface area contributed by atoms with Crippen molar-refractivity contribution in [3.63, 3.8) is 0 Å². The Kier molecular flexibility index (Phi) is 4.16. The molecule has 1 fully saturated rings. The summed E-state index contributed by atoms with van der Waals surface area (Å²) < 4.78 is 38.5. The van der Waals surface area contributed by atoms with Crippen molar-refractivity contribution < 1.29 is 18.0 Å². The SMILES string of the molecule is CCCNc1ccc(C(=O)NC2(C(F)(F)F)CC2)cc1C. The van der Waals surface area contributed by atoms with E-state index in [2.05, 4.69) is 10.6 Å². The molecule has 6 heteroatoms. The molecule has 0 bridgehead atoms. The summed E-state index contributed by atoms with van der Waals surface area (Å²) in [5, 5.41) is 5.33. The van der Waals surface area contributed by atoms with Gasteiger partial charge in [0.15, 0.2) is 0 Å². The molecule has 1 aromatic carbocycles. The number of carbonyl (C=O) groups is 1. The van der Waals surface area contributed by atoms with E-state index < -0.39 is 17.6 Å². The van der Waals surface area contributed by atoms with Gasteiger partial charge in [-0.15, -0.1) is 0 Å². The highest BCUT2D eigenvalue weighted by Gasteiger charge is 2.64. The first-order valence-electron chi connectivity index (χ1n) is 7.03. The molecule has 1 amide bonds. The molecular formula is C15H19F3N2O. The van der Waals surface area contributed by atoms with Crippen molar-refractivity contribution in [3.8, 4) is 0 Å². The Balaban J connectivity index is 2.09. The number of anilines is 1. The fraction of sp³-hybridized carbons (Fsp3) is 0.533. The third-order valence-corrected chi connectivity index (χ3v) is 3.70. The van der Waals surface area contributed by atoms with E-state index in [9.17, 15) is 18.0 Å². The van der Waals surface area contributed by atoms with E-state index >= 15 is 0 Å². The van der Waals surface area contributed by atoms with E-state index in [-0.39, 0.29) is 18.4 Å². The zero-order valence-corrected chi connectivity index (χ0v) is 12.1. The van der Waals surface area contributed by atoms with E-state index in [4.69, 9.17) is 0 Å². The second kappa shape index (κ2) is 5.58. The molecule has 0 aromatic heterocycles. The molecule has 0 unspecified atom stereocenters. The maximum absolute atomic E-state index is 12.8. The summed E-state index contributed by atoms with van der Waals surface area (Å²) in [6.07, 6.45) is -3.51. The van der Waals surface area contributed by atoms with Gasteiger partial charge in [-0.05, 0) is 49.9 Å². The Bertz CT molecular complexity index is 536. The van der Waals surface area contributed by atoms with Crippen molar-refractivity contribution in [3.05, 3.63) is 29.3 Å². The van der Waals surface area contributed by atoms with Gasteiger partial charge in [0.1, 0.15) is 5.54 Å². The van der Waals surface area contributed by atoms with Crippen molar-refractivity contribution in [1.29, 1.82) is 0 Å². The number of benzene rings is 1. The van der Waals surface area contributed by atoms with Gasteiger partial charge < -0.3 is 10.6 Å². The Morgan fingerprint density at radius 3 is 2.48 bits per heavy atom. The molecule has 2 rings (SSSR count). The van der Waals surface area contributed by atoms with Crippen LogP contribution in [0.2, 0.25) is 0 Å². The number of rotatable bonds is 5. The van der Waals surface area contributed by atoms with Crippen LogP contribution >= 0.6 is 0 Å². The molecule has 116 valence electrons. The average Bonchev–Trinajstić information content (AvgIpc) is 3.17. The Labute approximate surface area is 121 Å². The number of nitrogens with one attached hydrogen (secondary N) is 2. The largest absolute Gasteiger partial charge is 0.411 e. The van der Waals surface area contributed by atoms with Crippen LogP contribution in [0.5, 0.6) is 0 Å². The van der Waals surface area contributed by atoms with Crippen molar-refractivity contribution in [2.24, 2.45) is 0 Å². The van der Waals surface area contributed by atoms with Crippen LogP contribution in [0.4, 0.5) is 18.9 Å². The van der Waals surface area contributed by atoms with Gasteiger partial charge in [0.25, 0.3) is 5.91 Å². The van der Waals surface area contributed by atoms with Gasteiger partial charge in [-0.1, -0.05) is 6.92 Å². The Hall–Kier alpha value is -1.72. The molecule has 2 N–H and O–H groups in total. The molecule has 0 radical (unpaired) electrons. The summed E-state index contributed by atoms with van der Waals surface area (Å²) in [5.74, 6) is -0.671. The standard InChI is InChI=1S/C15H19F3N2O/c1-3-8-19-12-5-4-11(9-10(12)2)13(21)20-14(6-7-14)15(16,17)18/h4-5,9,19H,3,6-8H2,1-2H3,(H,20,21). The molecule has 1 saturated carbocycles. The van der Waals surface area contributed by atoms with Gasteiger partial charge in [0.05, 0.1) is 0 Å². The van der Waals surface area contributed by atoms with Crippen LogP contribution in [0.15, 0.2) is 18.2 Å². The number of alkyl halides is 3. The van der Waals surface area contributed by atoms with E-state index in [0.717, 1.165) is 24.2 Å². The molecule has 3 nitrogen and oxygen atoms in total. The fourth-order valence-electron chi connectivity index (χ4n) is 2.16. The third kappa shape index (κ3) is 3.31. The third-order valence-electron chi connectivity index (χ3n) is 3.70. The van der Waals surface area contributed by atoms with Crippen LogP contribution in [-0.2, 0) is 0 Å². The molecule has 0 saturated heterocycles. The number of hydrogen-bond acceptors (Lipinski definition) is 2. The van der Waals surface area contributed by atoms with Gasteiger partial charge in [-0.2, -0.15) is 13.2 Å². The molecule has 21 heavy (non-hydrogen) atoms. The summed E-state index contributed by atoms with van der Waals surface area (Å²) in [7, 11) is 0. The quantitative estimate of drug-likeness (QED) is 0.871. The van der Waals surface area contributed by atoms with E-state index in [1.54, 1.807) is 18.2 Å². The highest BCUT2D eigenvalue weighted by atomic mass is 19.4. The fourth-order valence-corrected chi connectivity index (χ4v) is 2.16. The topological polar surface area (TPSA) is 41.1 Å². The van der Waals surface area contributed by atoms with Gasteiger partial charge >= 0.3 is 6.18 Å². The monoisotopic (exact) mass is 300 g/mol. The van der Waals surface area contributed by atoms with Crippen molar-refractivity contribution in [2.45, 2.75) is 44.8 Å². The second-order valence-corrected chi connectivity index (χ2v) is 5.49. The van der Waals surface area contributed by atoms with Crippen LogP contribution in [-0.4, -0.2) is 24.2 Å². The lowest BCUT2D eigenvalue weighted by atomic mass is 10.1. The van der Waals surface area contributed by atoms with Gasteiger partial charge in [0.2, 0.25) is 0 Å². The van der Waals surface area contributed by atoms with Crippen molar-refractivity contribution >= 4 is 11.6 Å². The summed E-state index contributed by atoms with van der Waals surface area (Å²) in [6, 6.07) is 4.89. The van der Waals surface area contributed by atoms with E-state index in [1.165, 1.54) is 0 Å². The van der Waals surface area contributed by atoms with Crippen LogP contribution in [0.25, 0.3) is 0 Å². The predicted molar refractivity (Wildman–Crippen MR) is 75.4 cm³/mol. The van der Waals surface area contributed by atoms with Crippen LogP contribution in [0, 0.1) is 6.92 Å². The zero-order chi connectivity index (χ0) is 15.7. The maximum atomic E-state index is 12.8. The lowest BCUT2D eigenvalue weighted by Crippen LogP contribution is -2.47. The lowest BCUT2D eigenvalue weighted by molar-refractivity contribution is -0.163. The van der Waals surface area contributed by atoms with Gasteiger partial charge in [0, 0.05) is 17.8 Å². The Morgan fingerprint density at radius 1 is 1.33 bits per heavy atom. The zero-order valence-electron chi connectivity index (χ0n) is 12.1. The molecule has 0 aliphatic heterocycles. The number of amides is 1. The smallest absolute Gasteiger partial charge is 0.385 e. The average molecular weight is 300 g/mol. The van der Waals surface area contributed by atoms with Gasteiger partial charge in [-0.25, -0.2) is 0 Å². The molecule has 1 aromatic rings. The summed E-state index contributed by atoms with van der Waals surface area (Å²) in [5.41, 5.74) is -0.0275. The summed E-state index contributed by atoms with van der Waals surface area (Å²) in [4.78, 5) is 12.0. The first-order chi connectivity index (χ1) is 9.79. The number of hydrogen-bond donors (Lipinski definition) is 2. The number of aryl methyl sites for hydroxylation is 1. The van der Waals surface area contributed by atoms with Crippen LogP contribution in [0.3, 0.4) is 0 Å². The van der Waals surface area contributed by atoms with E-state index in [1.807, 2.05) is 13.8 Å². The Morgan fingerprint density at radius 2 is 2.00 bits per heavy atom. The minimum atomic E-state index is -4.39. The van der Waals surface area contributed by atoms with Crippen LogP contribution < -0.4 is 10.6 Å². The summed E-state index contributed by atoms with van der Waals surface area (Å²) >= 11 is 0. The molecule has 1 aliphatic carbocycles. The first-order valence-corrected chi connectivity index (χ1v) is 7.03. The lowest BCUT2D eigenvalue weighted by Gasteiger charge is -2.21. The highest BCUT2D eigenvalue weighted by molar-refractivity contribution is 5.95. The maximum Gasteiger partial charge on any atom is 0.411 e. The molecule has 1 aliphatic rings. The minimum absolute atomic E-state index is 0.0443. The second-order valence-electron chi connectivity index (χ2n) is 5.49. The highest BCUT2D eigenvalue weighted by Crippen LogP contribution is 2.49. The summed E-state index contributed by atoms with van der Waals surface area (Å²) in [6.45, 7) is 4.67. The van der Waals surface area contributed by atoms with Crippen molar-refractivity contribution in [1.82, 2.24) is 5.32 Å². The minimum Gasteiger partial charge on any atom is -0.385 e. The van der Waals surface area contributed by atoms with Crippen LogP contribution in [0.1, 0.15) is 42.1 Å². The molecule has 0 atom stereocenters. The number of carbonyl (C=O) groups excluding carboxylic acids is 1. The van der Waals surface area contributed by atoms with Crippen molar-refractivity contribution in [2.75, 3.05) is 11.9 Å². The van der Waals surface area contributed by atoms with Gasteiger partial charge in [-0.3, -0.25) is 4.79 Å². The van der Waals surface area contributed by atoms with E-state index in [0.29, 0.717) is 0 Å². The number of halogens is 3. The molecular weight excluding hydrogens is 281 g/mol.